The number of nitrogens with one attached hydrogen (secondary N) is 2. The molecule has 0 aromatic heterocycles. The summed E-state index contributed by atoms with van der Waals surface area (Å²) in [5.74, 6) is 2.38. The number of carbonyl (C=O) groups is 1. The number of halogens is 2. The van der Waals surface area contributed by atoms with E-state index in [4.69, 9.17) is 0 Å². The number of aliphatic hydroxyl groups excluding tert-OH is 1. The predicted octanol–water partition coefficient (Wildman–Crippen LogP) is 0.744. The summed E-state index contributed by atoms with van der Waals surface area (Å²) in [6.07, 6.45) is 0.851. The van der Waals surface area contributed by atoms with E-state index in [2.05, 4.69) is 10.6 Å². The lowest BCUT2D eigenvalue weighted by Gasteiger charge is -2.29. The Balaban J connectivity index is 0.00000220. The molecular weight excluding hydrogens is 345 g/mol. The van der Waals surface area contributed by atoms with E-state index in [9.17, 15) is 9.90 Å². The lowest BCUT2D eigenvalue weighted by atomic mass is 9.94. The third-order valence-electron chi connectivity index (χ3n) is 4.05. The van der Waals surface area contributed by atoms with E-state index >= 15 is 0 Å². The van der Waals surface area contributed by atoms with Gasteiger partial charge in [-0.25, -0.2) is 0 Å². The largest absolute Gasteiger partial charge is 0.396 e. The standard InChI is InChI=1S/C14H27N3O2S.2ClH/c1-14(2,10-18)9-16-11-7-12(15-8-11)13(19)17-3-5-20-6-4-17;;/h11-12,15-16,18H,3-10H2,1-2H3;2*1H/t11-,12-;;/m0../s1. The van der Waals surface area contributed by atoms with Gasteiger partial charge in [-0.3, -0.25) is 4.79 Å². The zero-order chi connectivity index (χ0) is 14.6. The summed E-state index contributed by atoms with van der Waals surface area (Å²) in [6, 6.07) is 0.293. The van der Waals surface area contributed by atoms with Crippen LogP contribution in [0.25, 0.3) is 0 Å². The highest BCUT2D eigenvalue weighted by Crippen LogP contribution is 2.16. The van der Waals surface area contributed by atoms with Crippen molar-refractivity contribution in [2.24, 2.45) is 5.41 Å². The zero-order valence-corrected chi connectivity index (χ0v) is 15.8. The Kier molecular flexibility index (Phi) is 10.3. The molecule has 0 bridgehead atoms. The maximum Gasteiger partial charge on any atom is 0.239 e. The normalized spacial score (nSPS) is 25.3. The van der Waals surface area contributed by atoms with Gasteiger partial charge < -0.3 is 20.6 Å². The SMILES string of the molecule is CC(C)(CO)CN[C@@H]1CN[C@H](C(=O)N2CCSCC2)C1.Cl.Cl. The molecule has 0 spiro atoms. The van der Waals surface area contributed by atoms with Crippen molar-refractivity contribution in [2.45, 2.75) is 32.4 Å². The van der Waals surface area contributed by atoms with Gasteiger partial charge in [-0.1, -0.05) is 13.8 Å². The van der Waals surface area contributed by atoms with Crippen LogP contribution < -0.4 is 10.6 Å². The number of amides is 1. The van der Waals surface area contributed by atoms with Crippen molar-refractivity contribution in [2.75, 3.05) is 44.3 Å². The Morgan fingerprint density at radius 2 is 2.00 bits per heavy atom. The van der Waals surface area contributed by atoms with Crippen molar-refractivity contribution in [3.63, 3.8) is 0 Å². The first-order valence-electron chi connectivity index (χ1n) is 7.46. The van der Waals surface area contributed by atoms with Gasteiger partial charge in [0.25, 0.3) is 0 Å². The van der Waals surface area contributed by atoms with Gasteiger partial charge in [-0.2, -0.15) is 11.8 Å². The Morgan fingerprint density at radius 1 is 1.36 bits per heavy atom. The summed E-state index contributed by atoms with van der Waals surface area (Å²) in [7, 11) is 0. The molecule has 132 valence electrons. The van der Waals surface area contributed by atoms with E-state index in [1.54, 1.807) is 0 Å². The number of hydrogen-bond donors (Lipinski definition) is 3. The molecule has 0 unspecified atom stereocenters. The van der Waals surface area contributed by atoms with E-state index in [-0.39, 0.29) is 48.8 Å². The molecule has 5 nitrogen and oxygen atoms in total. The van der Waals surface area contributed by atoms with Crippen molar-refractivity contribution in [3.8, 4) is 0 Å². The van der Waals surface area contributed by atoms with Crippen molar-refractivity contribution in [1.29, 1.82) is 0 Å². The molecular formula is C14H29Cl2N3O2S. The Labute approximate surface area is 150 Å². The van der Waals surface area contributed by atoms with Crippen molar-refractivity contribution in [1.82, 2.24) is 15.5 Å². The smallest absolute Gasteiger partial charge is 0.239 e. The third-order valence-corrected chi connectivity index (χ3v) is 4.99. The Hall–Kier alpha value is 0.280. The fourth-order valence-corrected chi connectivity index (χ4v) is 3.46. The van der Waals surface area contributed by atoms with Crippen LogP contribution in [0.2, 0.25) is 0 Å². The van der Waals surface area contributed by atoms with E-state index in [1.165, 1.54) is 0 Å². The topological polar surface area (TPSA) is 64.6 Å². The molecule has 2 aliphatic heterocycles. The molecule has 0 radical (unpaired) electrons. The van der Waals surface area contributed by atoms with Crippen LogP contribution in [0.4, 0.5) is 0 Å². The summed E-state index contributed by atoms with van der Waals surface area (Å²) in [4.78, 5) is 14.4. The van der Waals surface area contributed by atoms with Crippen LogP contribution in [0.1, 0.15) is 20.3 Å². The monoisotopic (exact) mass is 373 g/mol. The highest BCUT2D eigenvalue weighted by Gasteiger charge is 2.33. The molecule has 2 fully saturated rings. The van der Waals surface area contributed by atoms with Gasteiger partial charge >= 0.3 is 0 Å². The molecule has 0 aromatic carbocycles. The second kappa shape index (κ2) is 10.2. The van der Waals surface area contributed by atoms with E-state index in [0.717, 1.165) is 44.1 Å². The second-order valence-corrected chi connectivity index (χ2v) is 7.76. The molecule has 2 aliphatic rings. The van der Waals surface area contributed by atoms with Gasteiger partial charge in [0, 0.05) is 55.7 Å². The number of nitrogens with zero attached hydrogens (tertiary/aromatic N) is 1. The molecule has 3 N–H and O–H groups in total. The van der Waals surface area contributed by atoms with E-state index in [0.29, 0.717) is 6.04 Å². The lowest BCUT2D eigenvalue weighted by molar-refractivity contribution is -0.132. The number of carbonyl (C=O) groups excluding carboxylic acids is 1. The van der Waals surface area contributed by atoms with Gasteiger partial charge in [0.15, 0.2) is 0 Å². The fraction of sp³-hybridized carbons (Fsp3) is 0.929. The van der Waals surface area contributed by atoms with Crippen LogP contribution in [0.3, 0.4) is 0 Å². The molecule has 2 saturated heterocycles. The molecule has 22 heavy (non-hydrogen) atoms. The van der Waals surface area contributed by atoms with Crippen LogP contribution >= 0.6 is 36.6 Å². The molecule has 8 heteroatoms. The van der Waals surface area contributed by atoms with Crippen molar-refractivity contribution in [3.05, 3.63) is 0 Å². The van der Waals surface area contributed by atoms with Gasteiger partial charge in [0.05, 0.1) is 6.04 Å². The molecule has 0 aromatic rings. The number of thioether (sulfide) groups is 1. The van der Waals surface area contributed by atoms with Crippen LogP contribution in [0.5, 0.6) is 0 Å². The second-order valence-electron chi connectivity index (χ2n) is 6.53. The minimum atomic E-state index is -0.105. The van der Waals surface area contributed by atoms with Crippen LogP contribution in [-0.4, -0.2) is 72.3 Å². The first-order chi connectivity index (χ1) is 9.52. The number of rotatable bonds is 5. The molecule has 2 rings (SSSR count). The van der Waals surface area contributed by atoms with E-state index in [1.807, 2.05) is 30.5 Å². The molecule has 0 aliphatic carbocycles. The highest BCUT2D eigenvalue weighted by molar-refractivity contribution is 7.99. The van der Waals surface area contributed by atoms with E-state index < -0.39 is 0 Å². The van der Waals surface area contributed by atoms with Gasteiger partial charge in [0.1, 0.15) is 0 Å². The average molecular weight is 374 g/mol. The van der Waals surface area contributed by atoms with Crippen molar-refractivity contribution >= 4 is 42.5 Å². The molecule has 0 saturated carbocycles. The zero-order valence-electron chi connectivity index (χ0n) is 13.3. The summed E-state index contributed by atoms with van der Waals surface area (Å²) in [6.45, 7) is 7.63. The van der Waals surface area contributed by atoms with Crippen LogP contribution in [-0.2, 0) is 4.79 Å². The highest BCUT2D eigenvalue weighted by atomic mass is 35.5. The maximum absolute atomic E-state index is 12.4. The van der Waals surface area contributed by atoms with Crippen LogP contribution in [0.15, 0.2) is 0 Å². The third kappa shape index (κ3) is 6.42. The molecule has 2 atom stereocenters. The fourth-order valence-electron chi connectivity index (χ4n) is 2.56. The van der Waals surface area contributed by atoms with Gasteiger partial charge in [-0.15, -0.1) is 24.8 Å². The quantitative estimate of drug-likeness (QED) is 0.663. The first kappa shape index (κ1) is 22.3. The first-order valence-corrected chi connectivity index (χ1v) is 8.61. The predicted molar refractivity (Wildman–Crippen MR) is 97.5 cm³/mol. The summed E-state index contributed by atoms with van der Waals surface area (Å²) in [5.41, 5.74) is -0.105. The number of aliphatic hydroxyl groups is 1. The van der Waals surface area contributed by atoms with Crippen LogP contribution in [0, 0.1) is 5.41 Å². The minimum Gasteiger partial charge on any atom is -0.396 e. The minimum absolute atomic E-state index is 0. The van der Waals surface area contributed by atoms with Gasteiger partial charge in [0.2, 0.25) is 5.91 Å². The summed E-state index contributed by atoms with van der Waals surface area (Å²) < 4.78 is 0. The van der Waals surface area contributed by atoms with Crippen molar-refractivity contribution < 1.29 is 9.90 Å². The molecule has 2 heterocycles. The number of hydrogen-bond acceptors (Lipinski definition) is 5. The summed E-state index contributed by atoms with van der Waals surface area (Å²) >= 11 is 1.92. The summed E-state index contributed by atoms with van der Waals surface area (Å²) in [5, 5.41) is 16.1. The Bertz CT molecular complexity index is 342. The lowest BCUT2D eigenvalue weighted by Crippen LogP contribution is -2.47. The Morgan fingerprint density at radius 3 is 2.59 bits per heavy atom. The maximum atomic E-state index is 12.4. The molecule has 1 amide bonds. The average Bonchev–Trinajstić information content (AvgIpc) is 2.94. The van der Waals surface area contributed by atoms with Gasteiger partial charge in [-0.05, 0) is 6.42 Å².